The Morgan fingerprint density at radius 2 is 1.71 bits per heavy atom. The minimum Gasteiger partial charge on any atom is -0.481 e. The highest BCUT2D eigenvalue weighted by atomic mass is 32.2. The van der Waals surface area contributed by atoms with Gasteiger partial charge in [-0.2, -0.15) is 8.42 Å². The van der Waals surface area contributed by atoms with E-state index in [0.29, 0.717) is 12.8 Å². The molecule has 0 aliphatic heterocycles. The van der Waals surface area contributed by atoms with Gasteiger partial charge >= 0.3 is 11.9 Å². The van der Waals surface area contributed by atoms with Crippen LogP contribution in [0.4, 0.5) is 0 Å². The van der Waals surface area contributed by atoms with Crippen molar-refractivity contribution in [2.45, 2.75) is 57.1 Å². The Labute approximate surface area is 124 Å². The van der Waals surface area contributed by atoms with Gasteiger partial charge in [-0.1, -0.05) is 39.5 Å². The van der Waals surface area contributed by atoms with Gasteiger partial charge in [-0.15, -0.1) is 0 Å². The van der Waals surface area contributed by atoms with E-state index < -0.39 is 39.6 Å². The van der Waals surface area contributed by atoms with Crippen LogP contribution >= 0.6 is 0 Å². The summed E-state index contributed by atoms with van der Waals surface area (Å²) in [6.45, 7) is 3.72. The average Bonchev–Trinajstić information content (AvgIpc) is 2.30. The summed E-state index contributed by atoms with van der Waals surface area (Å²) in [5.41, 5.74) is 0. The predicted octanol–water partition coefficient (Wildman–Crippen LogP) is 1.94. The fourth-order valence-electron chi connectivity index (χ4n) is 2.20. The first-order chi connectivity index (χ1) is 9.10. The lowest BCUT2D eigenvalue weighted by atomic mass is 9.86. The van der Waals surface area contributed by atoms with E-state index in [2.05, 4.69) is 0 Å². The number of carboxylic acid groups (broad SMARTS) is 2. The van der Waals surface area contributed by atoms with E-state index in [0.717, 1.165) is 12.8 Å². The average molecular weight is 327 g/mol. The Morgan fingerprint density at radius 1 is 1.19 bits per heavy atom. The van der Waals surface area contributed by atoms with Gasteiger partial charge in [0.15, 0.2) is 0 Å². The van der Waals surface area contributed by atoms with E-state index in [9.17, 15) is 27.7 Å². The third kappa shape index (κ3) is 5.98. The maximum absolute atomic E-state index is 11.5. The molecule has 0 radical (unpaired) electrons. The lowest BCUT2D eigenvalue weighted by Gasteiger charge is -2.28. The summed E-state index contributed by atoms with van der Waals surface area (Å²) >= 11 is 0. The second kappa shape index (κ2) is 8.96. The molecule has 0 aromatic heterocycles. The Morgan fingerprint density at radius 3 is 2.00 bits per heavy atom. The van der Waals surface area contributed by atoms with Crippen molar-refractivity contribution >= 4 is 22.1 Å². The van der Waals surface area contributed by atoms with Crippen LogP contribution in [0.2, 0.25) is 0 Å². The highest BCUT2D eigenvalue weighted by Crippen LogP contribution is 2.33. The van der Waals surface area contributed by atoms with E-state index in [-0.39, 0.29) is 12.1 Å². The standard InChI is InChI=1S/C12H22O7S.H3N/c1-3-5-6-9(4-2)7-12(11(15)16,8-10(13)14)20(17,18)19;/h9H,3-8H2,1-2H3,(H,13,14)(H,15,16)(H,17,18,19);1H3. The van der Waals surface area contributed by atoms with Crippen molar-refractivity contribution in [1.29, 1.82) is 0 Å². The fourth-order valence-corrected chi connectivity index (χ4v) is 3.17. The van der Waals surface area contributed by atoms with Gasteiger partial charge in [-0.3, -0.25) is 14.1 Å². The van der Waals surface area contributed by atoms with E-state index in [4.69, 9.17) is 5.11 Å². The van der Waals surface area contributed by atoms with Crippen LogP contribution in [-0.2, 0) is 19.7 Å². The molecule has 0 aliphatic rings. The molecular formula is C12H25NO7S. The maximum Gasteiger partial charge on any atom is 0.328 e. The summed E-state index contributed by atoms with van der Waals surface area (Å²) in [6, 6.07) is 0. The van der Waals surface area contributed by atoms with Gasteiger partial charge in [0.25, 0.3) is 10.1 Å². The van der Waals surface area contributed by atoms with E-state index in [1.807, 2.05) is 6.92 Å². The van der Waals surface area contributed by atoms with Crippen molar-refractivity contribution in [1.82, 2.24) is 6.15 Å². The van der Waals surface area contributed by atoms with Crippen LogP contribution in [0.25, 0.3) is 0 Å². The number of hydrogen-bond donors (Lipinski definition) is 4. The van der Waals surface area contributed by atoms with Crippen LogP contribution in [0.5, 0.6) is 0 Å². The minimum absolute atomic E-state index is 0. The largest absolute Gasteiger partial charge is 0.481 e. The van der Waals surface area contributed by atoms with E-state index in [1.54, 1.807) is 6.92 Å². The van der Waals surface area contributed by atoms with Gasteiger partial charge in [0.1, 0.15) is 0 Å². The minimum atomic E-state index is -5.03. The third-order valence-electron chi connectivity index (χ3n) is 3.48. The predicted molar refractivity (Wildman–Crippen MR) is 77.1 cm³/mol. The molecular weight excluding hydrogens is 302 g/mol. The van der Waals surface area contributed by atoms with Gasteiger partial charge in [0.2, 0.25) is 4.75 Å². The summed E-state index contributed by atoms with van der Waals surface area (Å²) in [5.74, 6) is -3.67. The first-order valence-corrected chi connectivity index (χ1v) is 7.97. The zero-order valence-electron chi connectivity index (χ0n) is 12.4. The number of aliphatic carboxylic acids is 2. The highest BCUT2D eigenvalue weighted by Gasteiger charge is 2.53. The monoisotopic (exact) mass is 327 g/mol. The fraction of sp³-hybridized carbons (Fsp3) is 0.833. The SMILES string of the molecule is CCCCC(CC)CC(CC(=O)O)(C(=O)O)S(=O)(=O)O.N. The zero-order valence-corrected chi connectivity index (χ0v) is 13.2. The summed E-state index contributed by atoms with van der Waals surface area (Å²) < 4.78 is 29.5. The summed E-state index contributed by atoms with van der Waals surface area (Å²) in [6.07, 6.45) is 1.21. The van der Waals surface area contributed by atoms with Crippen LogP contribution in [0.1, 0.15) is 52.4 Å². The first-order valence-electron chi connectivity index (χ1n) is 6.53. The van der Waals surface area contributed by atoms with Gasteiger partial charge in [0, 0.05) is 0 Å². The lowest BCUT2D eigenvalue weighted by molar-refractivity contribution is -0.147. The second-order valence-electron chi connectivity index (χ2n) is 4.97. The quantitative estimate of drug-likeness (QED) is 0.442. The van der Waals surface area contributed by atoms with Crippen molar-refractivity contribution in [2.24, 2.45) is 5.92 Å². The van der Waals surface area contributed by atoms with Gasteiger partial charge in [0.05, 0.1) is 6.42 Å². The zero-order chi connectivity index (χ0) is 16.0. The number of hydrogen-bond acceptors (Lipinski definition) is 5. The first kappa shape index (κ1) is 22.1. The molecule has 2 unspecified atom stereocenters. The number of carbonyl (C=O) groups is 2. The van der Waals surface area contributed by atoms with Gasteiger partial charge in [-0.25, -0.2) is 0 Å². The molecule has 0 aromatic carbocycles. The van der Waals surface area contributed by atoms with Crippen molar-refractivity contribution in [3.05, 3.63) is 0 Å². The molecule has 0 heterocycles. The second-order valence-corrected chi connectivity index (χ2v) is 6.70. The van der Waals surface area contributed by atoms with Crippen molar-refractivity contribution < 1.29 is 32.8 Å². The number of rotatable bonds is 10. The van der Waals surface area contributed by atoms with E-state index >= 15 is 0 Å². The van der Waals surface area contributed by atoms with Crippen molar-refractivity contribution in [2.75, 3.05) is 0 Å². The van der Waals surface area contributed by atoms with Crippen LogP contribution in [0.3, 0.4) is 0 Å². The van der Waals surface area contributed by atoms with Crippen molar-refractivity contribution in [3.8, 4) is 0 Å². The summed E-state index contributed by atoms with van der Waals surface area (Å²) in [7, 11) is -5.03. The van der Waals surface area contributed by atoms with Gasteiger partial charge < -0.3 is 16.4 Å². The molecule has 6 N–H and O–H groups in total. The molecule has 0 amide bonds. The van der Waals surface area contributed by atoms with Crippen molar-refractivity contribution in [3.63, 3.8) is 0 Å². The van der Waals surface area contributed by atoms with Crippen LogP contribution < -0.4 is 6.15 Å². The molecule has 0 spiro atoms. The normalized spacial score (nSPS) is 15.6. The Balaban J connectivity index is 0. The molecule has 0 saturated carbocycles. The summed E-state index contributed by atoms with van der Waals surface area (Å²) in [4.78, 5) is 22.1. The van der Waals surface area contributed by atoms with Crippen LogP contribution in [-0.4, -0.2) is 39.9 Å². The van der Waals surface area contributed by atoms with Gasteiger partial charge in [-0.05, 0) is 12.3 Å². The maximum atomic E-state index is 11.5. The molecule has 2 atom stereocenters. The Hall–Kier alpha value is -1.19. The number of unbranched alkanes of at least 4 members (excludes halogenated alkanes) is 1. The number of carboxylic acids is 2. The van der Waals surface area contributed by atoms with E-state index in [1.165, 1.54) is 0 Å². The molecule has 0 aliphatic carbocycles. The molecule has 0 rings (SSSR count). The van der Waals surface area contributed by atoms with Crippen LogP contribution in [0, 0.1) is 5.92 Å². The topological polar surface area (TPSA) is 164 Å². The molecule has 9 heteroatoms. The molecule has 126 valence electrons. The molecule has 0 saturated heterocycles. The lowest BCUT2D eigenvalue weighted by Crippen LogP contribution is -2.49. The molecule has 0 fully saturated rings. The highest BCUT2D eigenvalue weighted by molar-refractivity contribution is 7.88. The molecule has 21 heavy (non-hydrogen) atoms. The molecule has 0 aromatic rings. The Kier molecular flexibility index (Phi) is 9.42. The smallest absolute Gasteiger partial charge is 0.328 e. The molecule has 8 nitrogen and oxygen atoms in total. The summed E-state index contributed by atoms with van der Waals surface area (Å²) in [5, 5.41) is 18.0. The Bertz CT molecular complexity index is 449. The third-order valence-corrected chi connectivity index (χ3v) is 4.96. The molecule has 0 bridgehead atoms. The van der Waals surface area contributed by atoms with Crippen LogP contribution in [0.15, 0.2) is 0 Å².